The highest BCUT2D eigenvalue weighted by atomic mass is 32.2. The number of nitro groups is 1. The molecule has 1 aliphatic rings. The van der Waals surface area contributed by atoms with Gasteiger partial charge in [-0.2, -0.15) is 11.8 Å². The van der Waals surface area contributed by atoms with Crippen LogP contribution in [0.3, 0.4) is 0 Å². The van der Waals surface area contributed by atoms with Gasteiger partial charge >= 0.3 is 0 Å². The summed E-state index contributed by atoms with van der Waals surface area (Å²) < 4.78 is 17.7. The number of benzene rings is 1. The molecule has 3 rings (SSSR count). The zero-order valence-corrected chi connectivity index (χ0v) is 21.6. The Kier molecular flexibility index (Phi) is 10.5. The van der Waals surface area contributed by atoms with Crippen LogP contribution in [0.15, 0.2) is 52.8 Å². The van der Waals surface area contributed by atoms with Gasteiger partial charge < -0.3 is 29.4 Å². The number of nitrogens with one attached hydrogen (secondary N) is 2. The van der Waals surface area contributed by atoms with Crippen LogP contribution >= 0.6 is 11.8 Å². The Bertz CT molecular complexity index is 980. The van der Waals surface area contributed by atoms with Gasteiger partial charge in [-0.1, -0.05) is 24.3 Å². The highest BCUT2D eigenvalue weighted by molar-refractivity contribution is 7.98. The number of hydrogen-bond acceptors (Lipinski definition) is 9. The summed E-state index contributed by atoms with van der Waals surface area (Å²) in [6.07, 6.45) is 3.37. The van der Waals surface area contributed by atoms with Crippen molar-refractivity contribution in [1.29, 1.82) is 0 Å². The highest BCUT2D eigenvalue weighted by Crippen LogP contribution is 2.40. The van der Waals surface area contributed by atoms with Crippen LogP contribution in [0, 0.1) is 10.1 Å². The van der Waals surface area contributed by atoms with E-state index in [-0.39, 0.29) is 0 Å². The molecule has 0 saturated heterocycles. The molecule has 1 heterocycles. The van der Waals surface area contributed by atoms with Crippen molar-refractivity contribution >= 4 is 11.8 Å². The van der Waals surface area contributed by atoms with E-state index in [1.807, 2.05) is 38.4 Å². The van der Waals surface area contributed by atoms with Crippen molar-refractivity contribution in [2.75, 3.05) is 46.7 Å². The molecule has 1 aromatic carbocycles. The number of ether oxygens (including phenoxy) is 2. The molecule has 0 amide bonds. The fraction of sp³-hybridized carbons (Fsp3) is 0.520. The van der Waals surface area contributed by atoms with Gasteiger partial charge in [0.25, 0.3) is 6.20 Å². The van der Waals surface area contributed by atoms with Gasteiger partial charge in [0.15, 0.2) is 11.6 Å². The van der Waals surface area contributed by atoms with E-state index >= 15 is 0 Å². The lowest BCUT2D eigenvalue weighted by atomic mass is 10.1. The third kappa shape index (κ3) is 8.28. The van der Waals surface area contributed by atoms with E-state index in [0.29, 0.717) is 31.9 Å². The molecule has 1 unspecified atom stereocenters. The van der Waals surface area contributed by atoms with E-state index in [2.05, 4.69) is 27.7 Å². The Labute approximate surface area is 211 Å². The Morgan fingerprint density at radius 2 is 2.00 bits per heavy atom. The lowest BCUT2D eigenvalue weighted by Crippen LogP contribution is -2.32. The van der Waals surface area contributed by atoms with Crippen LogP contribution in [-0.2, 0) is 34.0 Å². The molecule has 2 N–H and O–H groups in total. The minimum Gasteiger partial charge on any atom is -0.464 e. The number of methoxy groups -OCH3 is 1. The molecule has 1 aromatic heterocycles. The zero-order valence-electron chi connectivity index (χ0n) is 20.7. The average molecular weight is 505 g/mol. The molecule has 0 saturated carbocycles. The maximum atomic E-state index is 11.0. The van der Waals surface area contributed by atoms with Gasteiger partial charge in [0.05, 0.1) is 23.8 Å². The second-order valence-corrected chi connectivity index (χ2v) is 9.76. The van der Waals surface area contributed by atoms with Gasteiger partial charge in [0.1, 0.15) is 11.5 Å². The summed E-state index contributed by atoms with van der Waals surface area (Å²) in [5.41, 5.74) is 2.35. The quantitative estimate of drug-likeness (QED) is 0.153. The molecule has 2 aromatic rings. The van der Waals surface area contributed by atoms with Crippen LogP contribution in [0.25, 0.3) is 0 Å². The molecule has 0 fully saturated rings. The molecule has 9 nitrogen and oxygen atoms in total. The Morgan fingerprint density at radius 3 is 2.77 bits per heavy atom. The standard InChI is InChI=1S/C25H36N4O5S/c1-28(2)17-21-9-10-22(34-21)19-35-16-14-27-24(18-29(30)31)26-13-6-15-33-25(32-3)12-11-20-7-4-5-8-23(20)25/h4-5,7-10,18,26-27H,6,11-17,19H2,1-3H3. The number of thioether (sulfide) groups is 1. The largest absolute Gasteiger partial charge is 0.464 e. The van der Waals surface area contributed by atoms with Crippen LogP contribution in [0.1, 0.15) is 35.5 Å². The summed E-state index contributed by atoms with van der Waals surface area (Å²) in [5.74, 6) is 3.13. The van der Waals surface area contributed by atoms with Crippen LogP contribution in [0.2, 0.25) is 0 Å². The molecular weight excluding hydrogens is 468 g/mol. The number of rotatable bonds is 16. The summed E-state index contributed by atoms with van der Waals surface area (Å²) in [5, 5.41) is 17.2. The molecule has 0 bridgehead atoms. The number of hydrogen-bond donors (Lipinski definition) is 2. The first-order valence-corrected chi connectivity index (χ1v) is 13.0. The number of nitrogens with zero attached hydrogens (tertiary/aromatic N) is 2. The normalized spacial score (nSPS) is 17.5. The van der Waals surface area contributed by atoms with E-state index in [9.17, 15) is 10.1 Å². The lowest BCUT2D eigenvalue weighted by Gasteiger charge is -2.29. The van der Waals surface area contributed by atoms with Gasteiger partial charge in [-0.05, 0) is 44.6 Å². The predicted molar refractivity (Wildman–Crippen MR) is 137 cm³/mol. The van der Waals surface area contributed by atoms with Crippen molar-refractivity contribution in [3.63, 3.8) is 0 Å². The molecular formula is C25H36N4O5S. The predicted octanol–water partition coefficient (Wildman–Crippen LogP) is 3.68. The van der Waals surface area contributed by atoms with Crippen molar-refractivity contribution < 1.29 is 18.8 Å². The van der Waals surface area contributed by atoms with Crippen molar-refractivity contribution in [1.82, 2.24) is 15.5 Å². The molecule has 1 aliphatic carbocycles. The molecule has 1 atom stereocenters. The Balaban J connectivity index is 1.35. The third-order valence-corrected chi connectivity index (χ3v) is 6.66. The van der Waals surface area contributed by atoms with E-state index in [1.54, 1.807) is 18.9 Å². The Morgan fingerprint density at radius 1 is 1.23 bits per heavy atom. The van der Waals surface area contributed by atoms with E-state index in [0.717, 1.165) is 54.2 Å². The van der Waals surface area contributed by atoms with Crippen molar-refractivity contribution in [3.8, 4) is 0 Å². The van der Waals surface area contributed by atoms with Crippen LogP contribution in [0.5, 0.6) is 0 Å². The average Bonchev–Trinajstić information content (AvgIpc) is 3.42. The van der Waals surface area contributed by atoms with Gasteiger partial charge in [-0.15, -0.1) is 0 Å². The van der Waals surface area contributed by atoms with Gasteiger partial charge in [0.2, 0.25) is 0 Å². The van der Waals surface area contributed by atoms with Crippen molar-refractivity contribution in [3.05, 3.63) is 81.2 Å². The summed E-state index contributed by atoms with van der Waals surface area (Å²) in [7, 11) is 5.68. The van der Waals surface area contributed by atoms with Gasteiger partial charge in [0, 0.05) is 37.9 Å². The van der Waals surface area contributed by atoms with Crippen LogP contribution in [0.4, 0.5) is 0 Å². The molecule has 10 heteroatoms. The summed E-state index contributed by atoms with van der Waals surface area (Å²) in [6, 6.07) is 12.2. The van der Waals surface area contributed by atoms with E-state index in [4.69, 9.17) is 13.9 Å². The molecule has 35 heavy (non-hydrogen) atoms. The highest BCUT2D eigenvalue weighted by Gasteiger charge is 2.39. The minimum atomic E-state index is -0.702. The Hall–Kier alpha value is -2.53. The third-order valence-electron chi connectivity index (χ3n) is 5.68. The fourth-order valence-electron chi connectivity index (χ4n) is 4.08. The molecule has 0 aliphatic heterocycles. The molecule has 192 valence electrons. The first-order chi connectivity index (χ1) is 16.9. The van der Waals surface area contributed by atoms with E-state index in [1.165, 1.54) is 5.56 Å². The second kappa shape index (κ2) is 13.5. The number of furan rings is 1. The van der Waals surface area contributed by atoms with Crippen molar-refractivity contribution in [2.24, 2.45) is 0 Å². The minimum absolute atomic E-state index is 0.398. The summed E-state index contributed by atoms with van der Waals surface area (Å²) in [4.78, 5) is 12.6. The molecule has 0 radical (unpaired) electrons. The summed E-state index contributed by atoms with van der Waals surface area (Å²) in [6.45, 7) is 2.40. The maximum Gasteiger partial charge on any atom is 0.274 e. The number of fused-ring (bicyclic) bond motifs is 1. The fourth-order valence-corrected chi connectivity index (χ4v) is 4.83. The first-order valence-electron chi connectivity index (χ1n) is 11.8. The zero-order chi connectivity index (χ0) is 25.1. The SMILES string of the molecule is COC1(OCCCNC(=C[N+](=O)[O-])NCCSCc2ccc(CN(C)C)o2)CCc2ccccc21. The second-order valence-electron chi connectivity index (χ2n) is 8.66. The summed E-state index contributed by atoms with van der Waals surface area (Å²) >= 11 is 1.71. The first kappa shape index (κ1) is 27.1. The lowest BCUT2D eigenvalue weighted by molar-refractivity contribution is -0.404. The smallest absolute Gasteiger partial charge is 0.274 e. The van der Waals surface area contributed by atoms with Crippen LogP contribution in [-0.4, -0.2) is 56.5 Å². The monoisotopic (exact) mass is 504 g/mol. The number of aryl methyl sites for hydroxylation is 1. The topological polar surface area (TPSA) is 102 Å². The maximum absolute atomic E-state index is 11.0. The van der Waals surface area contributed by atoms with Crippen LogP contribution < -0.4 is 10.6 Å². The van der Waals surface area contributed by atoms with Gasteiger partial charge in [-0.25, -0.2) is 0 Å². The van der Waals surface area contributed by atoms with Gasteiger partial charge in [-0.3, -0.25) is 10.1 Å². The molecule has 0 spiro atoms. The van der Waals surface area contributed by atoms with Crippen molar-refractivity contribution in [2.45, 2.75) is 37.3 Å². The van der Waals surface area contributed by atoms with E-state index < -0.39 is 10.7 Å².